The Morgan fingerprint density at radius 1 is 0.939 bits per heavy atom. The van der Waals surface area contributed by atoms with Gasteiger partial charge < -0.3 is 5.32 Å². The molecule has 4 rings (SSSR count). The third kappa shape index (κ3) is 6.01. The average Bonchev–Trinajstić information content (AvgIpc) is 2.84. The summed E-state index contributed by atoms with van der Waals surface area (Å²) in [5, 5.41) is 6.72. The van der Waals surface area contributed by atoms with E-state index in [0.29, 0.717) is 12.5 Å². The number of hydrogen-bond donors (Lipinski definition) is 1. The van der Waals surface area contributed by atoms with Gasteiger partial charge in [0, 0.05) is 13.5 Å². The largest absolute Gasteiger partial charge is 0.364 e. The minimum absolute atomic E-state index is 0.00835. The summed E-state index contributed by atoms with van der Waals surface area (Å²) in [6.07, 6.45) is 4.37. The normalized spacial score (nSPS) is 21.2. The lowest BCUT2D eigenvalue weighted by Gasteiger charge is -2.43. The van der Waals surface area contributed by atoms with E-state index in [1.165, 1.54) is 21.7 Å². The highest BCUT2D eigenvalue weighted by molar-refractivity contribution is 7.88. The van der Waals surface area contributed by atoms with Crippen molar-refractivity contribution in [2.45, 2.75) is 51.6 Å². The second-order valence-electron chi connectivity index (χ2n) is 9.33. The van der Waals surface area contributed by atoms with Crippen molar-refractivity contribution in [3.05, 3.63) is 109 Å². The second kappa shape index (κ2) is 10.9. The fourth-order valence-electron chi connectivity index (χ4n) is 5.01. The topological polar surface area (TPSA) is 24.4 Å². The molecule has 1 aliphatic rings. The van der Waals surface area contributed by atoms with Gasteiger partial charge in [-0.1, -0.05) is 117 Å². The molecule has 1 N–H and O–H groups in total. The van der Waals surface area contributed by atoms with Crippen LogP contribution >= 0.6 is 7.92 Å². The van der Waals surface area contributed by atoms with E-state index in [-0.39, 0.29) is 5.54 Å². The van der Waals surface area contributed by atoms with Crippen LogP contribution in [0.5, 0.6) is 0 Å². The van der Waals surface area contributed by atoms with E-state index in [4.69, 9.17) is 4.99 Å². The second-order valence-corrected chi connectivity index (χ2v) is 11.5. The van der Waals surface area contributed by atoms with Crippen LogP contribution in [0.2, 0.25) is 0 Å². The van der Waals surface area contributed by atoms with Crippen LogP contribution in [0, 0.1) is 5.92 Å². The molecular weight excluding hydrogens is 419 g/mol. The zero-order valence-electron chi connectivity index (χ0n) is 19.9. The van der Waals surface area contributed by atoms with Gasteiger partial charge in [0.2, 0.25) is 0 Å². The van der Waals surface area contributed by atoms with Gasteiger partial charge in [0.25, 0.3) is 0 Å². The monoisotopic (exact) mass is 454 g/mol. The smallest absolute Gasteiger partial charge is 0.129 e. The van der Waals surface area contributed by atoms with Crippen LogP contribution in [-0.4, -0.2) is 11.1 Å². The molecule has 0 bridgehead atoms. The van der Waals surface area contributed by atoms with E-state index < -0.39 is 7.92 Å². The SMILES string of the molecule is C=C1CC(C)CC(CC)(NC(=NCc2ccccc2)P(c2ccccc2)c2ccccc2)C1. The lowest BCUT2D eigenvalue weighted by molar-refractivity contribution is 0.248. The first-order chi connectivity index (χ1) is 16.1. The molecule has 1 fully saturated rings. The van der Waals surface area contributed by atoms with Crippen molar-refractivity contribution in [1.29, 1.82) is 0 Å². The van der Waals surface area contributed by atoms with Crippen LogP contribution in [-0.2, 0) is 6.54 Å². The van der Waals surface area contributed by atoms with Crippen LogP contribution in [0.3, 0.4) is 0 Å². The Hall–Kier alpha value is -2.70. The minimum atomic E-state index is -0.792. The quantitative estimate of drug-likeness (QED) is 0.181. The zero-order valence-corrected chi connectivity index (χ0v) is 20.8. The minimum Gasteiger partial charge on any atom is -0.364 e. The molecule has 0 spiro atoms. The van der Waals surface area contributed by atoms with Gasteiger partial charge in [-0.2, -0.15) is 0 Å². The first-order valence-corrected chi connectivity index (χ1v) is 13.4. The van der Waals surface area contributed by atoms with Crippen LogP contribution in [0.25, 0.3) is 0 Å². The van der Waals surface area contributed by atoms with Crippen molar-refractivity contribution >= 4 is 24.1 Å². The maximum Gasteiger partial charge on any atom is 0.129 e. The molecule has 0 heterocycles. The Morgan fingerprint density at radius 2 is 1.48 bits per heavy atom. The molecule has 0 saturated heterocycles. The zero-order chi connectivity index (χ0) is 23.1. The Bertz CT molecular complexity index is 1020. The maximum atomic E-state index is 5.29. The van der Waals surface area contributed by atoms with Crippen LogP contribution in [0.4, 0.5) is 0 Å². The van der Waals surface area contributed by atoms with Gasteiger partial charge in [-0.15, -0.1) is 0 Å². The van der Waals surface area contributed by atoms with E-state index in [1.807, 2.05) is 0 Å². The Morgan fingerprint density at radius 3 is 2.00 bits per heavy atom. The molecule has 1 aliphatic carbocycles. The molecule has 3 aromatic rings. The molecule has 0 radical (unpaired) electrons. The molecule has 3 heteroatoms. The van der Waals surface area contributed by atoms with Gasteiger partial charge in [-0.3, -0.25) is 4.99 Å². The fraction of sp³-hybridized carbons (Fsp3) is 0.300. The van der Waals surface area contributed by atoms with Crippen LogP contribution in [0.15, 0.2) is 108 Å². The first-order valence-electron chi connectivity index (χ1n) is 12.0. The number of aliphatic imine (C=N–C) groups is 1. The lowest BCUT2D eigenvalue weighted by atomic mass is 9.73. The number of benzene rings is 3. The Balaban J connectivity index is 1.78. The number of nitrogens with one attached hydrogen (secondary N) is 1. The highest BCUT2D eigenvalue weighted by Gasteiger charge is 2.37. The maximum absolute atomic E-state index is 5.29. The molecule has 0 aliphatic heterocycles. The Kier molecular flexibility index (Phi) is 7.78. The molecule has 2 nitrogen and oxygen atoms in total. The van der Waals surface area contributed by atoms with Crippen molar-refractivity contribution in [3.63, 3.8) is 0 Å². The predicted octanol–water partition coefficient (Wildman–Crippen LogP) is 6.79. The number of rotatable bonds is 7. The molecule has 1 saturated carbocycles. The number of hydrogen-bond acceptors (Lipinski definition) is 1. The summed E-state index contributed by atoms with van der Waals surface area (Å²) in [5.41, 5.74) is 3.72. The third-order valence-electron chi connectivity index (χ3n) is 6.51. The van der Waals surface area contributed by atoms with E-state index >= 15 is 0 Å². The highest BCUT2D eigenvalue weighted by atomic mass is 31.1. The molecule has 33 heavy (non-hydrogen) atoms. The summed E-state index contributed by atoms with van der Waals surface area (Å²) in [5.74, 6) is 0.633. The van der Waals surface area contributed by atoms with Gasteiger partial charge >= 0.3 is 0 Å². The van der Waals surface area contributed by atoms with Crippen LogP contribution < -0.4 is 15.9 Å². The summed E-state index contributed by atoms with van der Waals surface area (Å²) < 4.78 is 0. The van der Waals surface area contributed by atoms with E-state index in [0.717, 1.165) is 31.3 Å². The molecule has 0 aromatic heterocycles. The van der Waals surface area contributed by atoms with Crippen molar-refractivity contribution < 1.29 is 0 Å². The van der Waals surface area contributed by atoms with Crippen LogP contribution in [0.1, 0.15) is 45.1 Å². The van der Waals surface area contributed by atoms with Crippen molar-refractivity contribution in [1.82, 2.24) is 5.32 Å². The molecule has 3 aromatic carbocycles. The van der Waals surface area contributed by atoms with Gasteiger partial charge in [-0.05, 0) is 47.8 Å². The standard InChI is InChI=1S/C30H35N2P/c1-4-30(21-24(2)20-25(3)22-30)32-29(31-23-26-14-8-5-9-15-26)33(27-16-10-6-11-17-27)28-18-12-7-13-19-28/h5-19,25H,2,4,20-23H2,1,3H3,(H,31,32). The summed E-state index contributed by atoms with van der Waals surface area (Å²) in [6.45, 7) is 9.74. The summed E-state index contributed by atoms with van der Waals surface area (Å²) >= 11 is 0. The average molecular weight is 455 g/mol. The van der Waals surface area contributed by atoms with Crippen molar-refractivity contribution in [2.24, 2.45) is 10.9 Å². The van der Waals surface area contributed by atoms with Crippen molar-refractivity contribution in [3.8, 4) is 0 Å². The van der Waals surface area contributed by atoms with E-state index in [1.54, 1.807) is 0 Å². The Labute approximate surface area is 200 Å². The lowest BCUT2D eigenvalue weighted by Crippen LogP contribution is -2.51. The van der Waals surface area contributed by atoms with E-state index in [9.17, 15) is 0 Å². The highest BCUT2D eigenvalue weighted by Crippen LogP contribution is 2.41. The summed E-state index contributed by atoms with van der Waals surface area (Å²) in [4.78, 5) is 5.29. The molecule has 0 amide bonds. The van der Waals surface area contributed by atoms with Gasteiger partial charge in [0.05, 0.1) is 6.54 Å². The van der Waals surface area contributed by atoms with Crippen molar-refractivity contribution in [2.75, 3.05) is 0 Å². The molecule has 2 unspecified atom stereocenters. The number of nitrogens with zero attached hydrogens (tertiary/aromatic N) is 1. The van der Waals surface area contributed by atoms with E-state index in [2.05, 4.69) is 117 Å². The molecule has 2 atom stereocenters. The molecule has 170 valence electrons. The third-order valence-corrected chi connectivity index (χ3v) is 8.82. The predicted molar refractivity (Wildman–Crippen MR) is 145 cm³/mol. The van der Waals surface area contributed by atoms with Gasteiger partial charge in [-0.25, -0.2) is 0 Å². The first kappa shape index (κ1) is 23.5. The molecular formula is C30H35N2P. The fourth-order valence-corrected chi connectivity index (χ4v) is 7.30. The summed E-state index contributed by atoms with van der Waals surface area (Å²) in [6, 6.07) is 32.3. The number of amidine groups is 1. The summed E-state index contributed by atoms with van der Waals surface area (Å²) in [7, 11) is -0.792. The van der Waals surface area contributed by atoms with Gasteiger partial charge in [0.15, 0.2) is 0 Å². The van der Waals surface area contributed by atoms with Gasteiger partial charge in [0.1, 0.15) is 5.58 Å².